The Labute approximate surface area is 135 Å². The fourth-order valence-electron chi connectivity index (χ4n) is 2.68. The van der Waals surface area contributed by atoms with Crippen molar-refractivity contribution in [2.45, 2.75) is 18.9 Å². The third kappa shape index (κ3) is 2.76. The van der Waals surface area contributed by atoms with Gasteiger partial charge in [0, 0.05) is 16.6 Å². The molecule has 6 heteroatoms. The highest BCUT2D eigenvalue weighted by Crippen LogP contribution is 2.39. The molecule has 0 spiro atoms. The Hall–Kier alpha value is -1.59. The van der Waals surface area contributed by atoms with Crippen LogP contribution in [0.25, 0.3) is 0 Å². The molecule has 0 aromatic heterocycles. The summed E-state index contributed by atoms with van der Waals surface area (Å²) in [4.78, 5) is 10.3. The zero-order valence-electron chi connectivity index (χ0n) is 11.0. The van der Waals surface area contributed by atoms with Gasteiger partial charge in [0.15, 0.2) is 0 Å². The molecule has 108 valence electrons. The molecule has 1 unspecified atom stereocenters. The topological polar surface area (TPSA) is 55.2 Å². The van der Waals surface area contributed by atoms with E-state index in [0.717, 1.165) is 23.0 Å². The molecule has 4 nitrogen and oxygen atoms in total. The Bertz CT molecular complexity index is 721. The summed E-state index contributed by atoms with van der Waals surface area (Å²) in [5, 5.41) is 14.5. The first-order valence-electron chi connectivity index (χ1n) is 6.54. The molecule has 0 saturated carbocycles. The second-order valence-corrected chi connectivity index (χ2v) is 6.23. The molecular weight excluding hydrogens is 356 g/mol. The molecular formula is C15H12BrClN2O2. The molecule has 0 radical (unpaired) electrons. The molecule has 1 aliphatic carbocycles. The lowest BCUT2D eigenvalue weighted by atomic mass is 10.1. The number of nitrogens with zero attached hydrogens (tertiary/aromatic N) is 1. The van der Waals surface area contributed by atoms with Crippen molar-refractivity contribution in [3.05, 3.63) is 67.1 Å². The molecule has 2 aromatic rings. The third-order valence-corrected chi connectivity index (χ3v) is 4.76. The highest BCUT2D eigenvalue weighted by atomic mass is 79.9. The van der Waals surface area contributed by atoms with Gasteiger partial charge >= 0.3 is 0 Å². The van der Waals surface area contributed by atoms with E-state index < -0.39 is 4.92 Å². The monoisotopic (exact) mass is 366 g/mol. The van der Waals surface area contributed by atoms with Gasteiger partial charge in [-0.3, -0.25) is 10.1 Å². The number of hydrogen-bond donors (Lipinski definition) is 1. The van der Waals surface area contributed by atoms with Crippen molar-refractivity contribution in [3.8, 4) is 0 Å². The van der Waals surface area contributed by atoms with Gasteiger partial charge in [-0.2, -0.15) is 0 Å². The molecule has 0 heterocycles. The predicted octanol–water partition coefficient (Wildman–Crippen LogP) is 5.11. The van der Waals surface area contributed by atoms with Crippen molar-refractivity contribution in [2.75, 3.05) is 5.32 Å². The summed E-state index contributed by atoms with van der Waals surface area (Å²) in [6.45, 7) is 0. The number of nitrogens with one attached hydrogen (secondary N) is 1. The number of rotatable bonds is 3. The zero-order chi connectivity index (χ0) is 15.0. The summed E-state index contributed by atoms with van der Waals surface area (Å²) in [5.41, 5.74) is 3.28. The van der Waals surface area contributed by atoms with Crippen LogP contribution < -0.4 is 5.32 Å². The van der Waals surface area contributed by atoms with Crippen LogP contribution in [0.4, 0.5) is 11.4 Å². The predicted molar refractivity (Wildman–Crippen MR) is 86.9 cm³/mol. The van der Waals surface area contributed by atoms with Gasteiger partial charge in [0.2, 0.25) is 0 Å². The molecule has 0 fully saturated rings. The van der Waals surface area contributed by atoms with Crippen molar-refractivity contribution >= 4 is 38.9 Å². The Morgan fingerprint density at radius 1 is 1.33 bits per heavy atom. The van der Waals surface area contributed by atoms with Crippen LogP contribution in [-0.4, -0.2) is 4.92 Å². The SMILES string of the molecule is O=[N+]([O-])c1ccc(NC2CCc3c(Br)cccc32)c(Cl)c1. The molecule has 2 aromatic carbocycles. The maximum Gasteiger partial charge on any atom is 0.271 e. The van der Waals surface area contributed by atoms with E-state index in [1.54, 1.807) is 6.07 Å². The average Bonchev–Trinajstić information content (AvgIpc) is 2.85. The second kappa shape index (κ2) is 5.66. The van der Waals surface area contributed by atoms with Crippen molar-refractivity contribution in [2.24, 2.45) is 0 Å². The highest BCUT2D eigenvalue weighted by Gasteiger charge is 2.24. The van der Waals surface area contributed by atoms with E-state index in [-0.39, 0.29) is 11.7 Å². The first-order valence-corrected chi connectivity index (χ1v) is 7.71. The smallest absolute Gasteiger partial charge is 0.271 e. The Balaban J connectivity index is 1.86. The van der Waals surface area contributed by atoms with Crippen LogP contribution >= 0.6 is 27.5 Å². The molecule has 0 saturated heterocycles. The highest BCUT2D eigenvalue weighted by molar-refractivity contribution is 9.10. The summed E-state index contributed by atoms with van der Waals surface area (Å²) in [6.07, 6.45) is 1.98. The van der Waals surface area contributed by atoms with E-state index in [1.807, 2.05) is 12.1 Å². The van der Waals surface area contributed by atoms with E-state index in [4.69, 9.17) is 11.6 Å². The van der Waals surface area contributed by atoms with Gasteiger partial charge in [0.1, 0.15) is 0 Å². The maximum absolute atomic E-state index is 10.7. The van der Waals surface area contributed by atoms with Crippen LogP contribution in [0.2, 0.25) is 5.02 Å². The normalized spacial score (nSPS) is 16.6. The molecule has 0 amide bonds. The quantitative estimate of drug-likeness (QED) is 0.606. The van der Waals surface area contributed by atoms with E-state index in [0.29, 0.717) is 5.02 Å². The molecule has 0 aliphatic heterocycles. The van der Waals surface area contributed by atoms with Crippen LogP contribution in [0.5, 0.6) is 0 Å². The number of hydrogen-bond acceptors (Lipinski definition) is 3. The summed E-state index contributed by atoms with van der Waals surface area (Å²) >= 11 is 9.71. The number of fused-ring (bicyclic) bond motifs is 1. The van der Waals surface area contributed by atoms with Gasteiger partial charge in [-0.15, -0.1) is 0 Å². The second-order valence-electron chi connectivity index (χ2n) is 4.96. The first-order chi connectivity index (χ1) is 10.1. The van der Waals surface area contributed by atoms with Crippen molar-refractivity contribution in [1.29, 1.82) is 0 Å². The van der Waals surface area contributed by atoms with Gasteiger partial charge in [-0.1, -0.05) is 39.7 Å². The fraction of sp³-hybridized carbons (Fsp3) is 0.200. The fourth-order valence-corrected chi connectivity index (χ4v) is 3.49. The lowest BCUT2D eigenvalue weighted by Gasteiger charge is -2.16. The van der Waals surface area contributed by atoms with Crippen LogP contribution in [-0.2, 0) is 6.42 Å². The zero-order valence-corrected chi connectivity index (χ0v) is 13.3. The Morgan fingerprint density at radius 2 is 2.14 bits per heavy atom. The van der Waals surface area contributed by atoms with Crippen molar-refractivity contribution in [3.63, 3.8) is 0 Å². The molecule has 3 rings (SSSR count). The molecule has 21 heavy (non-hydrogen) atoms. The Morgan fingerprint density at radius 3 is 2.86 bits per heavy atom. The minimum atomic E-state index is -0.447. The number of benzene rings is 2. The molecule has 0 bridgehead atoms. The lowest BCUT2D eigenvalue weighted by molar-refractivity contribution is -0.384. The number of nitro benzene ring substituents is 1. The molecule has 1 N–H and O–H groups in total. The third-order valence-electron chi connectivity index (χ3n) is 3.71. The van der Waals surface area contributed by atoms with Gasteiger partial charge < -0.3 is 5.32 Å². The minimum Gasteiger partial charge on any atom is -0.377 e. The van der Waals surface area contributed by atoms with E-state index in [2.05, 4.69) is 27.3 Å². The standard InChI is InChI=1S/C15H12BrClN2O2/c16-12-3-1-2-11-10(12)5-7-14(11)18-15-6-4-9(19(20)21)8-13(15)17/h1-4,6,8,14,18H,5,7H2. The number of anilines is 1. The largest absolute Gasteiger partial charge is 0.377 e. The van der Waals surface area contributed by atoms with Gasteiger partial charge in [-0.05, 0) is 36.1 Å². The lowest BCUT2D eigenvalue weighted by Crippen LogP contribution is -2.07. The van der Waals surface area contributed by atoms with E-state index in [1.165, 1.54) is 23.3 Å². The van der Waals surface area contributed by atoms with Gasteiger partial charge in [-0.25, -0.2) is 0 Å². The number of halogens is 2. The van der Waals surface area contributed by atoms with Crippen LogP contribution in [0.15, 0.2) is 40.9 Å². The minimum absolute atomic E-state index is 0.000108. The summed E-state index contributed by atoms with van der Waals surface area (Å²) in [6, 6.07) is 10.8. The van der Waals surface area contributed by atoms with Crippen LogP contribution in [0, 0.1) is 10.1 Å². The average molecular weight is 368 g/mol. The van der Waals surface area contributed by atoms with Crippen molar-refractivity contribution in [1.82, 2.24) is 0 Å². The van der Waals surface area contributed by atoms with Gasteiger partial charge in [0.25, 0.3) is 5.69 Å². The van der Waals surface area contributed by atoms with Crippen molar-refractivity contribution < 1.29 is 4.92 Å². The molecule has 1 aliphatic rings. The van der Waals surface area contributed by atoms with Crippen LogP contribution in [0.1, 0.15) is 23.6 Å². The summed E-state index contributed by atoms with van der Waals surface area (Å²) < 4.78 is 1.12. The summed E-state index contributed by atoms with van der Waals surface area (Å²) in [7, 11) is 0. The van der Waals surface area contributed by atoms with Crippen LogP contribution in [0.3, 0.4) is 0 Å². The number of nitro groups is 1. The number of non-ortho nitro benzene ring substituents is 1. The van der Waals surface area contributed by atoms with E-state index in [9.17, 15) is 10.1 Å². The van der Waals surface area contributed by atoms with Gasteiger partial charge in [0.05, 0.1) is 21.7 Å². The summed E-state index contributed by atoms with van der Waals surface area (Å²) in [5.74, 6) is 0. The Kier molecular flexibility index (Phi) is 3.87. The first kappa shape index (κ1) is 14.4. The molecule has 1 atom stereocenters. The van der Waals surface area contributed by atoms with E-state index >= 15 is 0 Å². The maximum atomic E-state index is 10.7.